The average Bonchev–Trinajstić information content (AvgIpc) is 2.97. The normalized spacial score (nSPS) is 15.6. The first-order valence-electron chi connectivity index (χ1n) is 8.60. The van der Waals surface area contributed by atoms with Crippen LogP contribution in [0.1, 0.15) is 39.5 Å². The second-order valence-electron chi connectivity index (χ2n) is 6.12. The monoisotopic (exact) mass is 473 g/mol. The summed E-state index contributed by atoms with van der Waals surface area (Å²) in [5.41, 5.74) is 8.36. The van der Waals surface area contributed by atoms with E-state index >= 15 is 0 Å². The van der Waals surface area contributed by atoms with Gasteiger partial charge >= 0.3 is 33.0 Å². The maximum absolute atomic E-state index is 6.00. The zero-order valence-corrected chi connectivity index (χ0v) is 18.0. The van der Waals surface area contributed by atoms with Gasteiger partial charge in [-0.1, -0.05) is 30.5 Å². The maximum Gasteiger partial charge on any atom is 2.00 e. The fraction of sp³-hybridized carbons (Fsp3) is 0.444. The van der Waals surface area contributed by atoms with Gasteiger partial charge in [0.2, 0.25) is 0 Å². The van der Waals surface area contributed by atoms with E-state index in [4.69, 9.17) is 11.6 Å². The van der Waals surface area contributed by atoms with Gasteiger partial charge in [0.05, 0.1) is 11.4 Å². The minimum absolute atomic E-state index is 0. The van der Waals surface area contributed by atoms with Crippen molar-refractivity contribution in [3.63, 3.8) is 0 Å². The molecule has 1 N–H and O–H groups in total. The van der Waals surface area contributed by atoms with Gasteiger partial charge in [0.15, 0.2) is 0 Å². The summed E-state index contributed by atoms with van der Waals surface area (Å²) < 4.78 is 0. The summed E-state index contributed by atoms with van der Waals surface area (Å²) in [5, 5.41) is 5.04. The van der Waals surface area contributed by atoms with Crippen LogP contribution in [0, 0.1) is 0 Å². The molecule has 0 saturated heterocycles. The van der Waals surface area contributed by atoms with Crippen LogP contribution in [0.2, 0.25) is 5.02 Å². The number of nitrogens with one attached hydrogen (secondary N) is 1. The van der Waals surface area contributed by atoms with E-state index < -0.39 is 0 Å². The number of nitrogens with zero attached hydrogens (tertiary/aromatic N) is 5. The number of benzene rings is 1. The van der Waals surface area contributed by atoms with Gasteiger partial charge in [0.1, 0.15) is 5.71 Å². The Balaban J connectivity index is 0.00000182. The van der Waals surface area contributed by atoms with Gasteiger partial charge in [-0.05, 0) is 44.3 Å². The molecule has 1 aromatic heterocycles. The van der Waals surface area contributed by atoms with Crippen LogP contribution in [0.15, 0.2) is 33.3 Å². The van der Waals surface area contributed by atoms with Crippen LogP contribution in [-0.2, 0) is 33.0 Å². The number of aliphatic imine (C=N–C) groups is 2. The Morgan fingerprint density at radius 2 is 1.63 bits per heavy atom. The molecule has 0 radical (unpaired) electrons. The molecule has 6 nitrogen and oxygen atoms in total. The average molecular weight is 475 g/mol. The van der Waals surface area contributed by atoms with Crippen molar-refractivity contribution in [2.45, 2.75) is 39.5 Å². The number of fused-ring (bicyclic) bond motifs is 1. The minimum atomic E-state index is 0. The van der Waals surface area contributed by atoms with Crippen molar-refractivity contribution in [1.82, 2.24) is 9.97 Å². The molecule has 9 heteroatoms. The first-order valence-corrected chi connectivity index (χ1v) is 8.98. The molecule has 1 aliphatic heterocycles. The number of halogens is 1. The fourth-order valence-electron chi connectivity index (χ4n) is 2.74. The summed E-state index contributed by atoms with van der Waals surface area (Å²) in [6.45, 7) is 5.57. The molecule has 2 heterocycles. The molecular weight excluding hydrogens is 453 g/mol. The first kappa shape index (κ1) is 23.8. The summed E-state index contributed by atoms with van der Waals surface area (Å²) in [4.78, 5) is 16.8. The van der Waals surface area contributed by atoms with E-state index in [-0.39, 0.29) is 33.0 Å². The van der Waals surface area contributed by atoms with Crippen LogP contribution in [0.5, 0.6) is 0 Å². The standard InChI is InChI=1S/C18H22ClN6.2Ni/c1-12-17(13(2)21-10-6-4-3-5-9-20-12)24-25-18-22-15-8-7-14(19)11-16(15)23-18;;/h7-8,11H,3-6,9-10H2,1-2H3,(H-,22,23,25);;/q-1;2*+2. The fourth-order valence-corrected chi connectivity index (χ4v) is 2.90. The minimum Gasteiger partial charge on any atom is -0.410 e. The number of hydrogen-bond acceptors (Lipinski definition) is 4. The van der Waals surface area contributed by atoms with E-state index in [1.807, 2.05) is 26.0 Å². The molecule has 0 spiro atoms. The Morgan fingerprint density at radius 1 is 1.00 bits per heavy atom. The zero-order valence-electron chi connectivity index (χ0n) is 15.2. The van der Waals surface area contributed by atoms with E-state index in [2.05, 4.69) is 30.5 Å². The van der Waals surface area contributed by atoms with Gasteiger partial charge in [-0.15, -0.1) is 0 Å². The molecule has 27 heavy (non-hydrogen) atoms. The largest absolute Gasteiger partial charge is 2.00 e. The van der Waals surface area contributed by atoms with Crippen molar-refractivity contribution in [3.05, 3.63) is 28.6 Å². The van der Waals surface area contributed by atoms with E-state index in [1.165, 1.54) is 12.8 Å². The molecule has 0 saturated carbocycles. The third-order valence-corrected chi connectivity index (χ3v) is 4.36. The summed E-state index contributed by atoms with van der Waals surface area (Å²) in [7, 11) is 0. The van der Waals surface area contributed by atoms with Crippen LogP contribution in [-0.4, -0.2) is 40.2 Å². The van der Waals surface area contributed by atoms with Crippen LogP contribution in [0.3, 0.4) is 0 Å². The predicted octanol–water partition coefficient (Wildman–Crippen LogP) is 5.07. The van der Waals surface area contributed by atoms with Crippen molar-refractivity contribution in [2.75, 3.05) is 13.1 Å². The molecule has 1 aromatic carbocycles. The Kier molecular flexibility index (Phi) is 10.2. The van der Waals surface area contributed by atoms with Crippen LogP contribution in [0.25, 0.3) is 16.5 Å². The Labute approximate surface area is 184 Å². The smallest absolute Gasteiger partial charge is 0.410 e. The topological polar surface area (TPSA) is 79.9 Å². The van der Waals surface area contributed by atoms with E-state index in [0.717, 1.165) is 54.1 Å². The van der Waals surface area contributed by atoms with Crippen molar-refractivity contribution in [3.8, 4) is 0 Å². The van der Waals surface area contributed by atoms with E-state index in [1.54, 1.807) is 6.07 Å². The Morgan fingerprint density at radius 3 is 2.26 bits per heavy atom. The molecule has 1 aliphatic rings. The molecule has 0 atom stereocenters. The van der Waals surface area contributed by atoms with Gasteiger partial charge in [0.25, 0.3) is 0 Å². The number of rotatable bonds is 2. The van der Waals surface area contributed by atoms with Crippen molar-refractivity contribution in [2.24, 2.45) is 15.1 Å². The molecule has 3 rings (SSSR count). The molecule has 148 valence electrons. The molecule has 0 fully saturated rings. The van der Waals surface area contributed by atoms with E-state index in [9.17, 15) is 0 Å². The van der Waals surface area contributed by atoms with E-state index in [0.29, 0.717) is 11.0 Å². The zero-order chi connectivity index (χ0) is 17.6. The molecule has 0 unspecified atom stereocenters. The number of aromatic nitrogens is 2. The van der Waals surface area contributed by atoms with Crippen molar-refractivity contribution >= 4 is 45.7 Å². The maximum atomic E-state index is 6.00. The van der Waals surface area contributed by atoms with Crippen molar-refractivity contribution < 1.29 is 33.0 Å². The first-order chi connectivity index (χ1) is 12.1. The van der Waals surface area contributed by atoms with Crippen molar-refractivity contribution in [1.29, 1.82) is 0 Å². The summed E-state index contributed by atoms with van der Waals surface area (Å²) >= 11 is 6.00. The van der Waals surface area contributed by atoms with Gasteiger partial charge in [-0.2, -0.15) is 0 Å². The second-order valence-corrected chi connectivity index (χ2v) is 6.56. The third-order valence-electron chi connectivity index (χ3n) is 4.13. The quantitative estimate of drug-likeness (QED) is 0.478. The van der Waals surface area contributed by atoms with Gasteiger partial charge < -0.3 is 9.97 Å². The molecule has 2 aromatic rings. The Hall–Kier alpha value is -1.22. The number of H-pyrrole nitrogens is 1. The summed E-state index contributed by atoms with van der Waals surface area (Å²) in [6, 6.07) is 5.49. The third kappa shape index (κ3) is 6.71. The predicted molar refractivity (Wildman–Crippen MR) is 106 cm³/mol. The van der Waals surface area contributed by atoms with Gasteiger partial charge in [0, 0.05) is 29.6 Å². The molecule has 0 amide bonds. The van der Waals surface area contributed by atoms with Crippen LogP contribution < -0.4 is 0 Å². The van der Waals surface area contributed by atoms with Gasteiger partial charge in [-0.3, -0.25) is 15.4 Å². The summed E-state index contributed by atoms with van der Waals surface area (Å²) in [6.07, 6.45) is 4.60. The molecular formula is C18H22ClN6Ni2+3. The number of aromatic amines is 1. The number of hydrogen-bond donors (Lipinski definition) is 1. The second kappa shape index (κ2) is 11.6. The summed E-state index contributed by atoms with van der Waals surface area (Å²) in [5.74, 6) is 0.444. The number of imidazole rings is 1. The molecule has 0 aliphatic carbocycles. The van der Waals surface area contributed by atoms with Crippen LogP contribution >= 0.6 is 11.6 Å². The molecule has 0 bridgehead atoms. The SMILES string of the molecule is CC1=NCCCCCCN=C(C)C1=N[N-]c1nc2cc(Cl)ccc2[nH]1.[Ni+2].[Ni+2]. The Bertz CT molecular complexity index is 817. The van der Waals surface area contributed by atoms with Crippen LogP contribution in [0.4, 0.5) is 5.95 Å². The van der Waals surface area contributed by atoms with Gasteiger partial charge in [-0.25, -0.2) is 5.10 Å².